The first-order valence-electron chi connectivity index (χ1n) is 13.2. The van der Waals surface area contributed by atoms with E-state index >= 15 is 0 Å². The summed E-state index contributed by atoms with van der Waals surface area (Å²) in [6.07, 6.45) is -14.0. The maximum Gasteiger partial charge on any atom is 0.490 e. The molecule has 1 atom stereocenters. The Labute approximate surface area is 274 Å². The van der Waals surface area contributed by atoms with E-state index in [2.05, 4.69) is 28.8 Å². The molecule has 0 amide bonds. The number of hydrogen-bond donors (Lipinski definition) is 5. The number of ether oxygens (including phenoxy) is 2. The molecular formula is C27H29F11N4O8. The minimum Gasteiger partial charge on any atom is -0.496 e. The molecule has 23 heteroatoms. The predicted octanol–water partition coefficient (Wildman–Crippen LogP) is 6.61. The van der Waals surface area contributed by atoms with Gasteiger partial charge in [0, 0.05) is 23.5 Å². The molecule has 0 fully saturated rings. The van der Waals surface area contributed by atoms with Gasteiger partial charge in [-0.1, -0.05) is 13.8 Å². The molecule has 3 heterocycles. The van der Waals surface area contributed by atoms with Gasteiger partial charge in [0.1, 0.15) is 29.4 Å². The Morgan fingerprint density at radius 3 is 1.70 bits per heavy atom. The van der Waals surface area contributed by atoms with Crippen molar-refractivity contribution in [3.63, 3.8) is 0 Å². The molecule has 0 saturated heterocycles. The van der Waals surface area contributed by atoms with Crippen LogP contribution >= 0.6 is 0 Å². The molecule has 0 unspecified atom stereocenters. The van der Waals surface area contributed by atoms with Gasteiger partial charge in [0.25, 0.3) is 6.43 Å². The monoisotopic (exact) mass is 746 g/mol. The van der Waals surface area contributed by atoms with Gasteiger partial charge in [-0.15, -0.1) is 0 Å². The lowest BCUT2D eigenvalue weighted by molar-refractivity contribution is -0.193. The fraction of sp³-hybridized carbons (Fsp3) is 0.444. The number of nitrogens with zero attached hydrogens (tertiary/aromatic N) is 2. The van der Waals surface area contributed by atoms with Gasteiger partial charge in [-0.3, -0.25) is 0 Å². The van der Waals surface area contributed by atoms with Gasteiger partial charge in [-0.25, -0.2) is 33.1 Å². The quantitative estimate of drug-likeness (QED) is 0.156. The van der Waals surface area contributed by atoms with Crippen LogP contribution in [-0.2, 0) is 14.4 Å². The number of aromatic nitrogens is 3. The third-order valence-corrected chi connectivity index (χ3v) is 5.28. The number of nitrogens with one attached hydrogen (secondary N) is 1. The van der Waals surface area contributed by atoms with Gasteiger partial charge in [0.15, 0.2) is 0 Å². The van der Waals surface area contributed by atoms with E-state index in [0.29, 0.717) is 40.4 Å². The summed E-state index contributed by atoms with van der Waals surface area (Å²) in [5, 5.41) is 22.1. The second kappa shape index (κ2) is 18.2. The number of alkyl halides is 11. The fourth-order valence-electron chi connectivity index (χ4n) is 3.52. The fourth-order valence-corrected chi connectivity index (χ4v) is 3.52. The summed E-state index contributed by atoms with van der Waals surface area (Å²) >= 11 is 0. The van der Waals surface area contributed by atoms with Crippen LogP contribution in [-0.4, -0.2) is 86.0 Å². The number of pyridine rings is 2. The third-order valence-electron chi connectivity index (χ3n) is 5.28. The molecule has 0 saturated carbocycles. The zero-order valence-electron chi connectivity index (χ0n) is 26.0. The molecule has 3 aromatic heterocycles. The first-order chi connectivity index (χ1) is 22.5. The van der Waals surface area contributed by atoms with Crippen molar-refractivity contribution in [2.24, 2.45) is 11.7 Å². The van der Waals surface area contributed by atoms with E-state index in [1.54, 1.807) is 31.6 Å². The van der Waals surface area contributed by atoms with Gasteiger partial charge in [0.05, 0.1) is 18.2 Å². The van der Waals surface area contributed by atoms with Crippen LogP contribution in [0, 0.1) is 5.92 Å². The molecular weight excluding hydrogens is 717 g/mol. The molecule has 0 bridgehead atoms. The van der Waals surface area contributed by atoms with Crippen LogP contribution in [0.3, 0.4) is 0 Å². The lowest BCUT2D eigenvalue weighted by Crippen LogP contribution is -2.43. The standard InChI is InChI=1S/C21H26F2N4O2.3C2HF3O2/c1-12(2)9-21(3,24)11-29-16-6-5-14(27-18(16)19(22)23)13-10-26-20-17(13)15(28-4)7-8-25-20;3*3-2(4,5)1(6)7/h5-8,10,12,19H,9,11,24H2,1-4H3,(H,25,26);3*(H,6,7)/t21-;;;/m0.../s1. The van der Waals surface area contributed by atoms with E-state index < -0.39 is 54.1 Å². The Kier molecular flexibility index (Phi) is 16.4. The lowest BCUT2D eigenvalue weighted by Gasteiger charge is -2.27. The highest BCUT2D eigenvalue weighted by Gasteiger charge is 2.39. The minimum absolute atomic E-state index is 0.0362. The molecule has 3 rings (SSSR count). The third kappa shape index (κ3) is 15.5. The number of H-pyrrole nitrogens is 1. The Morgan fingerprint density at radius 2 is 1.32 bits per heavy atom. The number of aliphatic carboxylic acids is 3. The highest BCUT2D eigenvalue weighted by molar-refractivity contribution is 5.97. The molecule has 3 aromatic rings. The maximum atomic E-state index is 13.7. The number of hydrogen-bond acceptors (Lipinski definition) is 8. The molecule has 0 aromatic carbocycles. The number of carbonyl (C=O) groups is 3. The summed E-state index contributed by atoms with van der Waals surface area (Å²) in [7, 11) is 1.54. The highest BCUT2D eigenvalue weighted by atomic mass is 19.4. The molecule has 0 aliphatic carbocycles. The number of nitrogens with two attached hydrogens (primary N) is 1. The topological polar surface area (TPSA) is 198 Å². The van der Waals surface area contributed by atoms with Gasteiger partial charge in [-0.2, -0.15) is 39.5 Å². The van der Waals surface area contributed by atoms with Crippen LogP contribution in [0.4, 0.5) is 48.3 Å². The van der Waals surface area contributed by atoms with Crippen molar-refractivity contribution in [1.82, 2.24) is 15.0 Å². The van der Waals surface area contributed by atoms with Crippen molar-refractivity contribution in [2.75, 3.05) is 13.7 Å². The van der Waals surface area contributed by atoms with E-state index in [1.165, 1.54) is 6.07 Å². The summed E-state index contributed by atoms with van der Waals surface area (Å²) in [4.78, 5) is 38.1. The van der Waals surface area contributed by atoms with Crippen LogP contribution in [0.2, 0.25) is 0 Å². The molecule has 50 heavy (non-hydrogen) atoms. The smallest absolute Gasteiger partial charge is 0.490 e. The number of methoxy groups -OCH3 is 1. The number of halogens is 11. The summed E-state index contributed by atoms with van der Waals surface area (Å²) in [5.74, 6) is -7.28. The van der Waals surface area contributed by atoms with Crippen molar-refractivity contribution >= 4 is 28.9 Å². The van der Waals surface area contributed by atoms with Gasteiger partial charge >= 0.3 is 36.4 Å². The SMILES string of the molecule is COc1ccnc2[nH]cc(-c3ccc(OC[C@@](C)(N)CC(C)C)c(C(F)F)n3)c12.O=C(O)C(F)(F)F.O=C(O)C(F)(F)F.O=C(O)C(F)(F)F. The zero-order valence-corrected chi connectivity index (χ0v) is 26.0. The van der Waals surface area contributed by atoms with E-state index in [9.17, 15) is 48.3 Å². The maximum absolute atomic E-state index is 13.7. The average Bonchev–Trinajstić information content (AvgIpc) is 3.39. The van der Waals surface area contributed by atoms with Gasteiger partial charge < -0.3 is 35.5 Å². The average molecular weight is 747 g/mol. The van der Waals surface area contributed by atoms with Crippen LogP contribution in [0.15, 0.2) is 30.6 Å². The molecule has 0 spiro atoms. The second-order valence-electron chi connectivity index (χ2n) is 10.3. The molecule has 6 N–H and O–H groups in total. The van der Waals surface area contributed by atoms with E-state index in [-0.39, 0.29) is 12.4 Å². The first kappa shape index (κ1) is 45.0. The Morgan fingerprint density at radius 1 is 0.860 bits per heavy atom. The van der Waals surface area contributed by atoms with Crippen LogP contribution in [0.5, 0.6) is 11.5 Å². The molecule has 0 aliphatic heterocycles. The zero-order chi connectivity index (χ0) is 39.4. The second-order valence-corrected chi connectivity index (χ2v) is 10.3. The molecule has 0 radical (unpaired) electrons. The molecule has 12 nitrogen and oxygen atoms in total. The first-order valence-corrected chi connectivity index (χ1v) is 13.2. The van der Waals surface area contributed by atoms with E-state index in [0.717, 1.165) is 0 Å². The largest absolute Gasteiger partial charge is 0.496 e. The Bertz CT molecular complexity index is 1510. The minimum atomic E-state index is -5.08. The summed E-state index contributed by atoms with van der Waals surface area (Å²) in [5.41, 5.74) is 6.79. The predicted molar refractivity (Wildman–Crippen MR) is 149 cm³/mol. The summed E-state index contributed by atoms with van der Waals surface area (Å²) < 4.78 is 134. The Hall–Kier alpha value is -4.96. The number of fused-ring (bicyclic) bond motifs is 1. The lowest BCUT2D eigenvalue weighted by atomic mass is 9.93. The van der Waals surface area contributed by atoms with Gasteiger partial charge in [-0.05, 0) is 37.5 Å². The van der Waals surface area contributed by atoms with Crippen molar-refractivity contribution in [1.29, 1.82) is 0 Å². The van der Waals surface area contributed by atoms with Gasteiger partial charge in [0.2, 0.25) is 0 Å². The summed E-state index contributed by atoms with van der Waals surface area (Å²) in [6, 6.07) is 4.87. The summed E-state index contributed by atoms with van der Waals surface area (Å²) in [6.45, 7) is 6.07. The number of carboxylic acids is 3. The van der Waals surface area contributed by atoms with Crippen LogP contribution in [0.25, 0.3) is 22.3 Å². The van der Waals surface area contributed by atoms with Crippen molar-refractivity contribution < 1.29 is 87.5 Å². The van der Waals surface area contributed by atoms with Crippen molar-refractivity contribution in [2.45, 2.75) is 57.7 Å². The highest BCUT2D eigenvalue weighted by Crippen LogP contribution is 2.36. The van der Waals surface area contributed by atoms with Crippen LogP contribution in [0.1, 0.15) is 39.3 Å². The van der Waals surface area contributed by atoms with Crippen molar-refractivity contribution in [3.8, 4) is 22.8 Å². The number of carboxylic acid groups (broad SMARTS) is 3. The van der Waals surface area contributed by atoms with Crippen molar-refractivity contribution in [3.05, 3.63) is 36.3 Å². The molecule has 282 valence electrons. The Balaban J connectivity index is 0.000000928. The van der Waals surface area contributed by atoms with E-state index in [4.69, 9.17) is 44.9 Å². The van der Waals surface area contributed by atoms with Crippen LogP contribution < -0.4 is 15.2 Å². The number of aromatic amines is 1. The normalized spacial score (nSPS) is 12.8. The van der Waals surface area contributed by atoms with E-state index in [1.807, 2.05) is 6.92 Å². The molecule has 0 aliphatic rings. The number of rotatable bonds is 8.